The number of alkyl carbamates (subject to hydrolysis) is 1. The third-order valence-corrected chi connectivity index (χ3v) is 4.53. The Balaban J connectivity index is 1.73. The summed E-state index contributed by atoms with van der Waals surface area (Å²) >= 11 is 0. The summed E-state index contributed by atoms with van der Waals surface area (Å²) in [4.78, 5) is 25.4. The lowest BCUT2D eigenvalue weighted by molar-refractivity contribution is -0.120. The summed E-state index contributed by atoms with van der Waals surface area (Å²) in [5.41, 5.74) is 2.34. The van der Waals surface area contributed by atoms with Crippen LogP contribution in [0.3, 0.4) is 0 Å². The van der Waals surface area contributed by atoms with Gasteiger partial charge in [0, 0.05) is 26.2 Å². The number of nitrogens with zero attached hydrogens (tertiary/aromatic N) is 1. The molecule has 144 valence electrons. The van der Waals surface area contributed by atoms with E-state index < -0.39 is 6.09 Å². The molecule has 1 aliphatic heterocycles. The number of hydrogen-bond acceptors (Lipinski definition) is 4. The van der Waals surface area contributed by atoms with Crippen molar-refractivity contribution in [1.82, 2.24) is 15.5 Å². The zero-order chi connectivity index (χ0) is 18.9. The molecule has 6 nitrogen and oxygen atoms in total. The first-order chi connectivity index (χ1) is 12.5. The minimum absolute atomic E-state index is 0.0811. The minimum Gasteiger partial charge on any atom is -0.450 e. The molecule has 2 N–H and O–H groups in total. The van der Waals surface area contributed by atoms with Crippen LogP contribution in [0.2, 0.25) is 0 Å². The van der Waals surface area contributed by atoms with E-state index in [1.807, 2.05) is 12.1 Å². The monoisotopic (exact) mass is 361 g/mol. The van der Waals surface area contributed by atoms with Gasteiger partial charge >= 0.3 is 6.09 Å². The number of hydrogen-bond donors (Lipinski definition) is 2. The summed E-state index contributed by atoms with van der Waals surface area (Å²) in [6, 6.07) is 8.35. The Bertz CT molecular complexity index is 578. The lowest BCUT2D eigenvalue weighted by Crippen LogP contribution is -2.38. The molecule has 0 bridgehead atoms. The van der Waals surface area contributed by atoms with Crippen molar-refractivity contribution >= 4 is 12.0 Å². The summed E-state index contributed by atoms with van der Waals surface area (Å²) in [7, 11) is 0. The first kappa shape index (κ1) is 20.2. The van der Waals surface area contributed by atoms with Crippen LogP contribution in [0.4, 0.5) is 4.79 Å². The van der Waals surface area contributed by atoms with Crippen molar-refractivity contribution in [3.05, 3.63) is 35.4 Å². The topological polar surface area (TPSA) is 70.7 Å². The molecule has 1 heterocycles. The maximum Gasteiger partial charge on any atom is 0.407 e. The lowest BCUT2D eigenvalue weighted by atomic mass is 9.91. The molecule has 1 aromatic rings. The number of nitrogens with one attached hydrogen (secondary N) is 2. The molecule has 1 aromatic carbocycles. The van der Waals surface area contributed by atoms with Gasteiger partial charge in [-0.3, -0.25) is 9.69 Å². The van der Waals surface area contributed by atoms with Crippen LogP contribution >= 0.6 is 0 Å². The van der Waals surface area contributed by atoms with E-state index in [-0.39, 0.29) is 19.1 Å². The number of ether oxygens (including phenoxy) is 1. The van der Waals surface area contributed by atoms with Crippen molar-refractivity contribution in [2.24, 2.45) is 11.8 Å². The molecule has 2 unspecified atom stereocenters. The standard InChI is InChI=1S/C20H31N3O3/c1-4-26-20(25)22-11-19(24)21-10-17-5-7-18(8-6-17)14-23-12-15(2)9-16(3)13-23/h5-8,15-16H,4,9-14H2,1-3H3,(H,21,24)(H,22,25). The number of amides is 2. The molecule has 2 amide bonds. The quantitative estimate of drug-likeness (QED) is 0.783. The number of carbonyl (C=O) groups excluding carboxylic acids is 2. The van der Waals surface area contributed by atoms with Gasteiger partial charge < -0.3 is 15.4 Å². The molecular weight excluding hydrogens is 330 g/mol. The zero-order valence-electron chi connectivity index (χ0n) is 16.1. The number of likely N-dealkylation sites (tertiary alicyclic amines) is 1. The molecule has 0 aromatic heterocycles. The molecule has 1 aliphatic rings. The fourth-order valence-electron chi connectivity index (χ4n) is 3.54. The molecule has 26 heavy (non-hydrogen) atoms. The van der Waals surface area contributed by atoms with Crippen LogP contribution < -0.4 is 10.6 Å². The van der Waals surface area contributed by atoms with Gasteiger partial charge in [-0.05, 0) is 36.3 Å². The van der Waals surface area contributed by atoms with Gasteiger partial charge in [-0.2, -0.15) is 0 Å². The van der Waals surface area contributed by atoms with Gasteiger partial charge in [0.15, 0.2) is 0 Å². The molecule has 1 saturated heterocycles. The van der Waals surface area contributed by atoms with E-state index in [1.54, 1.807) is 6.92 Å². The third kappa shape index (κ3) is 7.04. The van der Waals surface area contributed by atoms with Crippen molar-refractivity contribution in [2.45, 2.75) is 40.3 Å². The van der Waals surface area contributed by atoms with E-state index in [1.165, 1.54) is 12.0 Å². The average Bonchev–Trinajstić information content (AvgIpc) is 2.59. The highest BCUT2D eigenvalue weighted by atomic mass is 16.5. The average molecular weight is 361 g/mol. The Kier molecular flexibility index (Phi) is 7.91. The van der Waals surface area contributed by atoms with Crippen LogP contribution in [0.5, 0.6) is 0 Å². The molecule has 2 atom stereocenters. The van der Waals surface area contributed by atoms with Gasteiger partial charge in [0.05, 0.1) is 6.61 Å². The first-order valence-electron chi connectivity index (χ1n) is 9.43. The smallest absolute Gasteiger partial charge is 0.407 e. The van der Waals surface area contributed by atoms with Gasteiger partial charge in [-0.15, -0.1) is 0 Å². The van der Waals surface area contributed by atoms with Crippen molar-refractivity contribution in [3.8, 4) is 0 Å². The molecular formula is C20H31N3O3. The van der Waals surface area contributed by atoms with E-state index in [4.69, 9.17) is 4.74 Å². The van der Waals surface area contributed by atoms with Crippen LogP contribution in [0.25, 0.3) is 0 Å². The number of carbonyl (C=O) groups is 2. The van der Waals surface area contributed by atoms with Crippen molar-refractivity contribution < 1.29 is 14.3 Å². The summed E-state index contributed by atoms with van der Waals surface area (Å²) in [5.74, 6) is 1.28. The predicted molar refractivity (Wildman–Crippen MR) is 102 cm³/mol. The van der Waals surface area contributed by atoms with Gasteiger partial charge in [0.2, 0.25) is 5.91 Å². The lowest BCUT2D eigenvalue weighted by Gasteiger charge is -2.35. The van der Waals surface area contributed by atoms with E-state index >= 15 is 0 Å². The molecule has 2 rings (SSSR count). The summed E-state index contributed by atoms with van der Waals surface area (Å²) in [6.45, 7) is 10.3. The highest BCUT2D eigenvalue weighted by molar-refractivity contribution is 5.82. The Morgan fingerprint density at radius 1 is 1.08 bits per heavy atom. The van der Waals surface area contributed by atoms with Crippen LogP contribution in [0.1, 0.15) is 38.3 Å². The second-order valence-electron chi connectivity index (χ2n) is 7.31. The van der Waals surface area contributed by atoms with Crippen LogP contribution in [-0.2, 0) is 22.6 Å². The Hall–Kier alpha value is -2.08. The van der Waals surface area contributed by atoms with Gasteiger partial charge in [-0.25, -0.2) is 4.79 Å². The van der Waals surface area contributed by atoms with Crippen LogP contribution in [0, 0.1) is 11.8 Å². The van der Waals surface area contributed by atoms with Crippen molar-refractivity contribution in [1.29, 1.82) is 0 Å². The molecule has 0 radical (unpaired) electrons. The summed E-state index contributed by atoms with van der Waals surface area (Å²) in [5, 5.41) is 5.19. The number of rotatable bonds is 7. The Morgan fingerprint density at radius 3 is 2.31 bits per heavy atom. The summed E-state index contributed by atoms with van der Waals surface area (Å²) < 4.78 is 4.71. The SMILES string of the molecule is CCOC(=O)NCC(=O)NCc1ccc(CN2CC(C)CC(C)C2)cc1. The van der Waals surface area contributed by atoms with Crippen LogP contribution in [-0.4, -0.2) is 43.1 Å². The van der Waals surface area contributed by atoms with E-state index in [9.17, 15) is 9.59 Å². The third-order valence-electron chi connectivity index (χ3n) is 4.53. The number of benzene rings is 1. The largest absolute Gasteiger partial charge is 0.450 e. The fraction of sp³-hybridized carbons (Fsp3) is 0.600. The maximum absolute atomic E-state index is 11.7. The highest BCUT2D eigenvalue weighted by Gasteiger charge is 2.21. The van der Waals surface area contributed by atoms with Gasteiger partial charge in [0.25, 0.3) is 0 Å². The van der Waals surface area contributed by atoms with E-state index in [0.717, 1.165) is 37.0 Å². The Labute approximate surface area is 156 Å². The normalized spacial score (nSPS) is 20.4. The van der Waals surface area contributed by atoms with Crippen LogP contribution in [0.15, 0.2) is 24.3 Å². The molecule has 1 fully saturated rings. The maximum atomic E-state index is 11.7. The molecule has 6 heteroatoms. The van der Waals surface area contributed by atoms with Gasteiger partial charge in [-0.1, -0.05) is 38.1 Å². The van der Waals surface area contributed by atoms with Gasteiger partial charge in [0.1, 0.15) is 6.54 Å². The zero-order valence-corrected chi connectivity index (χ0v) is 16.1. The van der Waals surface area contributed by atoms with E-state index in [2.05, 4.69) is 41.5 Å². The van der Waals surface area contributed by atoms with Crippen molar-refractivity contribution in [3.63, 3.8) is 0 Å². The molecule has 0 spiro atoms. The predicted octanol–water partition coefficient (Wildman–Crippen LogP) is 2.53. The molecule has 0 aliphatic carbocycles. The Morgan fingerprint density at radius 2 is 1.69 bits per heavy atom. The summed E-state index contributed by atoms with van der Waals surface area (Å²) in [6.07, 6.45) is 0.744. The molecule has 0 saturated carbocycles. The fourth-order valence-corrected chi connectivity index (χ4v) is 3.54. The second-order valence-corrected chi connectivity index (χ2v) is 7.31. The number of piperidine rings is 1. The van der Waals surface area contributed by atoms with Crippen molar-refractivity contribution in [2.75, 3.05) is 26.2 Å². The second kappa shape index (κ2) is 10.2. The highest BCUT2D eigenvalue weighted by Crippen LogP contribution is 2.22. The van der Waals surface area contributed by atoms with E-state index in [0.29, 0.717) is 6.54 Å². The first-order valence-corrected chi connectivity index (χ1v) is 9.43. The minimum atomic E-state index is -0.576.